The summed E-state index contributed by atoms with van der Waals surface area (Å²) in [6.07, 6.45) is 0.292. The number of hydrogen-bond acceptors (Lipinski definition) is 5. The Hall–Kier alpha value is -1.42. The molecule has 1 unspecified atom stereocenters. The van der Waals surface area contributed by atoms with Crippen LogP contribution in [0.15, 0.2) is 23.1 Å². The highest BCUT2D eigenvalue weighted by atomic mass is 127. The molecule has 2 heterocycles. The van der Waals surface area contributed by atoms with Gasteiger partial charge in [-0.15, -0.1) is 0 Å². The van der Waals surface area contributed by atoms with Gasteiger partial charge < -0.3 is 0 Å². The predicted octanol–water partition coefficient (Wildman–Crippen LogP) is 1.53. The Kier molecular flexibility index (Phi) is 3.74. The van der Waals surface area contributed by atoms with Gasteiger partial charge in [0.2, 0.25) is 11.8 Å². The summed E-state index contributed by atoms with van der Waals surface area (Å²) in [7, 11) is 1.35. The van der Waals surface area contributed by atoms with E-state index in [0.717, 1.165) is 4.90 Å². The fourth-order valence-electron chi connectivity index (χ4n) is 2.55. The summed E-state index contributed by atoms with van der Waals surface area (Å²) < 4.78 is 0. The van der Waals surface area contributed by atoms with Gasteiger partial charge >= 0.3 is 0 Å². The Morgan fingerprint density at radius 3 is 2.62 bits per heavy atom. The quantitative estimate of drug-likeness (QED) is 0.584. The average molecular weight is 416 g/mol. The average Bonchev–Trinajstić information content (AvgIpc) is 2.72. The van der Waals surface area contributed by atoms with Crippen LogP contribution in [0.2, 0.25) is 0 Å². The van der Waals surface area contributed by atoms with Gasteiger partial charge in [0.15, 0.2) is 0 Å². The van der Waals surface area contributed by atoms with E-state index in [9.17, 15) is 19.2 Å². The Morgan fingerprint density at radius 2 is 1.95 bits per heavy atom. The SMILES string of the molecule is O=C1CCC(N2C(=O)c3cccc(SI)c3C2=O)C(=O)N1. The van der Waals surface area contributed by atoms with E-state index in [1.54, 1.807) is 18.2 Å². The second-order valence-corrected chi connectivity index (χ2v) is 6.62. The van der Waals surface area contributed by atoms with Gasteiger partial charge in [0.05, 0.1) is 11.1 Å². The van der Waals surface area contributed by atoms with Crippen LogP contribution in [0.1, 0.15) is 33.6 Å². The second kappa shape index (κ2) is 5.41. The van der Waals surface area contributed by atoms with Crippen LogP contribution in [-0.4, -0.2) is 34.6 Å². The van der Waals surface area contributed by atoms with E-state index in [1.165, 1.54) is 8.93 Å². The number of nitrogens with one attached hydrogen (secondary N) is 1. The number of imide groups is 2. The normalized spacial score (nSPS) is 21.6. The van der Waals surface area contributed by atoms with Gasteiger partial charge in [-0.05, 0) is 18.6 Å². The maximum Gasteiger partial charge on any atom is 0.263 e. The van der Waals surface area contributed by atoms with Gasteiger partial charge in [0.25, 0.3) is 11.8 Å². The van der Waals surface area contributed by atoms with Crippen molar-refractivity contribution in [1.29, 1.82) is 0 Å². The number of fused-ring (bicyclic) bond motifs is 1. The summed E-state index contributed by atoms with van der Waals surface area (Å²) in [5.41, 5.74) is 0.651. The highest BCUT2D eigenvalue weighted by molar-refractivity contribution is 14.2. The van der Waals surface area contributed by atoms with Crippen LogP contribution in [-0.2, 0) is 9.59 Å². The lowest BCUT2D eigenvalue weighted by molar-refractivity contribution is -0.136. The fraction of sp³-hybridized carbons (Fsp3) is 0.231. The molecule has 0 spiro atoms. The van der Waals surface area contributed by atoms with Crippen molar-refractivity contribution < 1.29 is 19.2 Å². The fourth-order valence-corrected chi connectivity index (χ4v) is 4.05. The first-order valence-corrected chi connectivity index (χ1v) is 9.53. The lowest BCUT2D eigenvalue weighted by Crippen LogP contribution is -2.54. The summed E-state index contributed by atoms with van der Waals surface area (Å²) in [6.45, 7) is 0. The van der Waals surface area contributed by atoms with E-state index >= 15 is 0 Å². The topological polar surface area (TPSA) is 83.6 Å². The monoisotopic (exact) mass is 416 g/mol. The smallest absolute Gasteiger partial charge is 0.263 e. The molecule has 0 aliphatic carbocycles. The molecule has 0 radical (unpaired) electrons. The van der Waals surface area contributed by atoms with Crippen molar-refractivity contribution in [1.82, 2.24) is 10.2 Å². The molecule has 1 N–H and O–H groups in total. The van der Waals surface area contributed by atoms with Crippen LogP contribution in [0.5, 0.6) is 0 Å². The largest absolute Gasteiger partial charge is 0.295 e. The number of halogens is 1. The van der Waals surface area contributed by atoms with Crippen LogP contribution < -0.4 is 5.32 Å². The zero-order valence-corrected chi connectivity index (χ0v) is 13.6. The molecule has 1 aromatic carbocycles. The molecular weight excluding hydrogens is 407 g/mol. The summed E-state index contributed by atoms with van der Waals surface area (Å²) in [5, 5.41) is 2.17. The molecule has 4 amide bonds. The van der Waals surface area contributed by atoms with Gasteiger partial charge in [-0.1, -0.05) is 15.0 Å². The van der Waals surface area contributed by atoms with E-state index in [1.807, 2.05) is 21.2 Å². The number of rotatable bonds is 2. The lowest BCUT2D eigenvalue weighted by atomic mass is 10.0. The number of carbonyl (C=O) groups is 4. The van der Waals surface area contributed by atoms with Crippen LogP contribution in [0.4, 0.5) is 0 Å². The molecule has 8 heteroatoms. The van der Waals surface area contributed by atoms with E-state index in [-0.39, 0.29) is 18.7 Å². The minimum absolute atomic E-state index is 0.123. The van der Waals surface area contributed by atoms with Crippen molar-refractivity contribution >= 4 is 53.8 Å². The van der Waals surface area contributed by atoms with Gasteiger partial charge in [-0.2, -0.15) is 0 Å². The van der Waals surface area contributed by atoms with Gasteiger partial charge in [0, 0.05) is 32.5 Å². The summed E-state index contributed by atoms with van der Waals surface area (Å²) in [6, 6.07) is 4.13. The molecule has 3 rings (SSSR count). The standard InChI is InChI=1S/C13H9IN2O4S/c14-21-8-3-1-2-6-10(8)13(20)16(12(6)19)7-4-5-9(17)15-11(7)18/h1-3,7H,4-5H2,(H,15,17,18). The summed E-state index contributed by atoms with van der Waals surface area (Å²) in [5.74, 6) is -1.91. The molecular formula is C13H9IN2O4S. The molecule has 6 nitrogen and oxygen atoms in total. The molecule has 108 valence electrons. The summed E-state index contributed by atoms with van der Waals surface area (Å²) in [4.78, 5) is 49.7. The Balaban J connectivity index is 2.00. The van der Waals surface area contributed by atoms with Gasteiger partial charge in [-0.25, -0.2) is 0 Å². The van der Waals surface area contributed by atoms with Crippen LogP contribution in [0, 0.1) is 0 Å². The number of hydrogen-bond donors (Lipinski definition) is 1. The predicted molar refractivity (Wildman–Crippen MR) is 83.0 cm³/mol. The Labute approximate surface area is 136 Å². The van der Waals surface area contributed by atoms with Gasteiger partial charge in [0.1, 0.15) is 6.04 Å². The van der Waals surface area contributed by atoms with Crippen LogP contribution >= 0.6 is 30.1 Å². The van der Waals surface area contributed by atoms with E-state index in [0.29, 0.717) is 16.0 Å². The summed E-state index contributed by atoms with van der Waals surface area (Å²) >= 11 is 2.04. The van der Waals surface area contributed by atoms with Gasteiger partial charge in [-0.3, -0.25) is 29.4 Å². The minimum Gasteiger partial charge on any atom is -0.295 e. The molecule has 1 aromatic rings. The molecule has 1 saturated heterocycles. The minimum atomic E-state index is -0.915. The third kappa shape index (κ3) is 2.26. The molecule has 0 aromatic heterocycles. The first-order chi connectivity index (χ1) is 10.0. The molecule has 0 saturated carbocycles. The maximum absolute atomic E-state index is 12.5. The van der Waals surface area contributed by atoms with E-state index < -0.39 is 23.8 Å². The zero-order chi connectivity index (χ0) is 15.1. The number of amides is 4. The molecule has 2 aliphatic rings. The third-order valence-electron chi connectivity index (χ3n) is 3.51. The zero-order valence-electron chi connectivity index (χ0n) is 10.6. The number of nitrogens with zero attached hydrogens (tertiary/aromatic N) is 1. The van der Waals surface area contributed by atoms with Crippen LogP contribution in [0.3, 0.4) is 0 Å². The van der Waals surface area contributed by atoms with Crippen molar-refractivity contribution in [3.05, 3.63) is 29.3 Å². The molecule has 2 aliphatic heterocycles. The van der Waals surface area contributed by atoms with Crippen molar-refractivity contribution in [2.75, 3.05) is 0 Å². The third-order valence-corrected chi connectivity index (χ3v) is 5.44. The highest BCUT2D eigenvalue weighted by Gasteiger charge is 2.45. The molecule has 21 heavy (non-hydrogen) atoms. The molecule has 0 bridgehead atoms. The van der Waals surface area contributed by atoms with Crippen molar-refractivity contribution in [2.24, 2.45) is 0 Å². The lowest BCUT2D eigenvalue weighted by Gasteiger charge is -2.27. The van der Waals surface area contributed by atoms with Crippen molar-refractivity contribution in [2.45, 2.75) is 23.8 Å². The number of carbonyl (C=O) groups excluding carboxylic acids is 4. The molecule has 1 atom stereocenters. The Morgan fingerprint density at radius 1 is 1.19 bits per heavy atom. The van der Waals surface area contributed by atoms with E-state index in [2.05, 4.69) is 5.32 Å². The van der Waals surface area contributed by atoms with Crippen LogP contribution in [0.25, 0.3) is 0 Å². The number of benzene rings is 1. The first kappa shape index (κ1) is 14.5. The van der Waals surface area contributed by atoms with E-state index in [4.69, 9.17) is 0 Å². The van der Waals surface area contributed by atoms with Crippen molar-refractivity contribution in [3.8, 4) is 0 Å². The maximum atomic E-state index is 12.5. The Bertz CT molecular complexity index is 691. The molecule has 1 fully saturated rings. The first-order valence-electron chi connectivity index (χ1n) is 6.17. The van der Waals surface area contributed by atoms with Crippen molar-refractivity contribution in [3.63, 3.8) is 0 Å². The number of piperidine rings is 1. The highest BCUT2D eigenvalue weighted by Crippen LogP contribution is 2.36. The second-order valence-electron chi connectivity index (χ2n) is 4.70.